The smallest absolute Gasteiger partial charge is 0.220 e. The number of amides is 1. The summed E-state index contributed by atoms with van der Waals surface area (Å²) in [5.41, 5.74) is 2.89. The Balaban J connectivity index is 1.77. The van der Waals surface area contributed by atoms with Gasteiger partial charge in [0.1, 0.15) is 5.88 Å². The highest BCUT2D eigenvalue weighted by Crippen LogP contribution is 2.24. The fourth-order valence-electron chi connectivity index (χ4n) is 3.02. The minimum Gasteiger partial charge on any atom is -0.355 e. The number of nitrogens with zero attached hydrogens (tertiary/aromatic N) is 1. The van der Waals surface area contributed by atoms with Crippen LogP contribution in [0, 0.1) is 25.2 Å². The average molecular weight is 448 g/mol. The number of halogens is 1. The van der Waals surface area contributed by atoms with Crippen molar-refractivity contribution in [3.63, 3.8) is 0 Å². The lowest BCUT2D eigenvalue weighted by atomic mass is 9.96. The largest absolute Gasteiger partial charge is 0.355 e. The number of carbonyl (C=O) groups is 1. The van der Waals surface area contributed by atoms with E-state index in [-0.39, 0.29) is 22.6 Å². The van der Waals surface area contributed by atoms with Gasteiger partial charge in [0.15, 0.2) is 9.84 Å². The van der Waals surface area contributed by atoms with Gasteiger partial charge < -0.3 is 10.6 Å². The number of benzene rings is 2. The molecule has 1 unspecified atom stereocenters. The first-order valence-corrected chi connectivity index (χ1v) is 11.6. The fourth-order valence-corrected chi connectivity index (χ4v) is 4.71. The molecule has 0 fully saturated rings. The Labute approximate surface area is 183 Å². The van der Waals surface area contributed by atoms with Gasteiger partial charge in [-0.2, -0.15) is 5.26 Å². The summed E-state index contributed by atoms with van der Waals surface area (Å²) < 4.78 is 25.1. The lowest BCUT2D eigenvalue weighted by Crippen LogP contribution is -2.34. The summed E-state index contributed by atoms with van der Waals surface area (Å²) in [6, 6.07) is 12.5. The van der Waals surface area contributed by atoms with E-state index >= 15 is 0 Å². The minimum absolute atomic E-state index is 0.0159. The van der Waals surface area contributed by atoms with Gasteiger partial charge in [-0.25, -0.2) is 8.42 Å². The van der Waals surface area contributed by atoms with Gasteiger partial charge in [-0.05, 0) is 60.7 Å². The number of aryl methyl sites for hydroxylation is 2. The van der Waals surface area contributed by atoms with E-state index in [0.717, 1.165) is 5.56 Å². The van der Waals surface area contributed by atoms with Crippen LogP contribution in [0.4, 0.5) is 0 Å². The maximum Gasteiger partial charge on any atom is 0.220 e. The van der Waals surface area contributed by atoms with Crippen molar-refractivity contribution in [1.29, 1.82) is 5.26 Å². The SMILES string of the molecule is Cc1cc(S(=O)(=O)CNCCNC(=O)CC(C)c2ccc(C#N)cc2)c(C)cc1Cl. The van der Waals surface area contributed by atoms with Crippen molar-refractivity contribution in [1.82, 2.24) is 10.6 Å². The Kier molecular flexibility index (Phi) is 8.42. The third-order valence-corrected chi connectivity index (χ3v) is 6.91. The molecule has 0 spiro atoms. The monoisotopic (exact) mass is 447 g/mol. The predicted molar refractivity (Wildman–Crippen MR) is 118 cm³/mol. The second-order valence-corrected chi connectivity index (χ2v) is 9.68. The van der Waals surface area contributed by atoms with Crippen LogP contribution in [-0.4, -0.2) is 33.3 Å². The van der Waals surface area contributed by atoms with Gasteiger partial charge in [-0.15, -0.1) is 0 Å². The van der Waals surface area contributed by atoms with E-state index < -0.39 is 9.84 Å². The average Bonchev–Trinajstić information content (AvgIpc) is 2.70. The highest BCUT2D eigenvalue weighted by atomic mass is 35.5. The van der Waals surface area contributed by atoms with E-state index in [1.165, 1.54) is 0 Å². The van der Waals surface area contributed by atoms with Crippen molar-refractivity contribution in [2.75, 3.05) is 19.0 Å². The molecule has 6 nitrogen and oxygen atoms in total. The second-order valence-electron chi connectivity index (χ2n) is 7.31. The van der Waals surface area contributed by atoms with Crippen LogP contribution in [-0.2, 0) is 14.6 Å². The summed E-state index contributed by atoms with van der Waals surface area (Å²) in [4.78, 5) is 12.4. The van der Waals surface area contributed by atoms with Crippen molar-refractivity contribution in [2.45, 2.75) is 38.0 Å². The van der Waals surface area contributed by atoms with E-state index in [1.54, 1.807) is 38.1 Å². The quantitative estimate of drug-likeness (QED) is 0.573. The van der Waals surface area contributed by atoms with Gasteiger partial charge >= 0.3 is 0 Å². The van der Waals surface area contributed by atoms with Crippen LogP contribution in [0.25, 0.3) is 0 Å². The van der Waals surface area contributed by atoms with Gasteiger partial charge in [0.05, 0.1) is 16.5 Å². The van der Waals surface area contributed by atoms with Crippen LogP contribution >= 0.6 is 11.6 Å². The third kappa shape index (κ3) is 6.56. The lowest BCUT2D eigenvalue weighted by molar-refractivity contribution is -0.121. The molecular formula is C22H26ClN3O3S. The van der Waals surface area contributed by atoms with Gasteiger partial charge in [0.25, 0.3) is 0 Å². The van der Waals surface area contributed by atoms with Gasteiger partial charge in [-0.3, -0.25) is 4.79 Å². The Morgan fingerprint density at radius 1 is 1.13 bits per heavy atom. The number of hydrogen-bond donors (Lipinski definition) is 2. The third-order valence-electron chi connectivity index (χ3n) is 4.81. The zero-order valence-corrected chi connectivity index (χ0v) is 18.9. The highest BCUT2D eigenvalue weighted by Gasteiger charge is 2.18. The second kappa shape index (κ2) is 10.6. The molecule has 2 aromatic carbocycles. The topological polar surface area (TPSA) is 99.1 Å². The minimum atomic E-state index is -3.50. The number of carbonyl (C=O) groups excluding carboxylic acids is 1. The Morgan fingerprint density at radius 3 is 2.43 bits per heavy atom. The fraction of sp³-hybridized carbons (Fsp3) is 0.364. The summed E-state index contributed by atoms with van der Waals surface area (Å²) in [7, 11) is -3.50. The van der Waals surface area contributed by atoms with Gasteiger partial charge in [-0.1, -0.05) is 30.7 Å². The van der Waals surface area contributed by atoms with Gasteiger partial charge in [0, 0.05) is 24.5 Å². The molecule has 30 heavy (non-hydrogen) atoms. The van der Waals surface area contributed by atoms with E-state index in [9.17, 15) is 13.2 Å². The molecule has 0 aliphatic carbocycles. The number of hydrogen-bond acceptors (Lipinski definition) is 5. The summed E-state index contributed by atoms with van der Waals surface area (Å²) in [6.07, 6.45) is 0.313. The number of rotatable bonds is 9. The first kappa shape index (κ1) is 23.9. The predicted octanol–water partition coefficient (Wildman–Crippen LogP) is 3.46. The number of nitriles is 1. The summed E-state index contributed by atoms with van der Waals surface area (Å²) in [5.74, 6) is -0.310. The first-order valence-electron chi connectivity index (χ1n) is 9.61. The molecule has 1 atom stereocenters. The molecule has 0 saturated heterocycles. The molecule has 0 saturated carbocycles. The van der Waals surface area contributed by atoms with Crippen LogP contribution in [0.2, 0.25) is 5.02 Å². The van der Waals surface area contributed by atoms with Crippen molar-refractivity contribution in [2.24, 2.45) is 0 Å². The maximum absolute atomic E-state index is 12.5. The summed E-state index contributed by atoms with van der Waals surface area (Å²) >= 11 is 6.04. The lowest BCUT2D eigenvalue weighted by Gasteiger charge is -2.13. The van der Waals surface area contributed by atoms with E-state index in [0.29, 0.717) is 41.2 Å². The molecule has 2 rings (SSSR count). The van der Waals surface area contributed by atoms with Crippen molar-refractivity contribution in [3.05, 3.63) is 63.7 Å². The van der Waals surface area contributed by atoms with Crippen molar-refractivity contribution in [3.8, 4) is 6.07 Å². The molecule has 2 N–H and O–H groups in total. The van der Waals surface area contributed by atoms with E-state index in [2.05, 4.69) is 16.7 Å². The van der Waals surface area contributed by atoms with Crippen LogP contribution in [0.1, 0.15) is 41.5 Å². The van der Waals surface area contributed by atoms with Crippen LogP contribution in [0.5, 0.6) is 0 Å². The molecule has 8 heteroatoms. The molecule has 0 bridgehead atoms. The van der Waals surface area contributed by atoms with Crippen LogP contribution in [0.15, 0.2) is 41.3 Å². The van der Waals surface area contributed by atoms with E-state index in [4.69, 9.17) is 16.9 Å². The zero-order chi connectivity index (χ0) is 22.3. The Bertz CT molecular complexity index is 1040. The standard InChI is InChI=1S/C22H26ClN3O3S/c1-15(19-6-4-18(13-24)5-7-19)12-22(27)26-9-8-25-14-30(28,29)21-11-16(2)20(23)10-17(21)3/h4-7,10-11,15,25H,8-9,12,14H2,1-3H3,(H,26,27). The summed E-state index contributed by atoms with van der Waals surface area (Å²) in [6.45, 7) is 6.09. The Hall–Kier alpha value is -2.40. The number of nitrogens with one attached hydrogen (secondary N) is 2. The zero-order valence-electron chi connectivity index (χ0n) is 17.3. The van der Waals surface area contributed by atoms with Crippen LogP contribution in [0.3, 0.4) is 0 Å². The van der Waals surface area contributed by atoms with Crippen molar-refractivity contribution < 1.29 is 13.2 Å². The first-order chi connectivity index (χ1) is 14.1. The van der Waals surface area contributed by atoms with Crippen LogP contribution < -0.4 is 10.6 Å². The van der Waals surface area contributed by atoms with E-state index in [1.807, 2.05) is 19.1 Å². The van der Waals surface area contributed by atoms with Gasteiger partial charge in [0.2, 0.25) is 5.91 Å². The molecule has 160 valence electrons. The molecular weight excluding hydrogens is 422 g/mol. The van der Waals surface area contributed by atoms with Crippen molar-refractivity contribution >= 4 is 27.3 Å². The molecule has 1 amide bonds. The molecule has 0 aliphatic rings. The molecule has 2 aromatic rings. The molecule has 0 heterocycles. The summed E-state index contributed by atoms with van der Waals surface area (Å²) in [5, 5.41) is 15.0. The molecule has 0 aliphatic heterocycles. The normalized spacial score (nSPS) is 12.2. The molecule has 0 aromatic heterocycles. The maximum atomic E-state index is 12.5. The number of sulfone groups is 1. The highest BCUT2D eigenvalue weighted by molar-refractivity contribution is 7.91. The Morgan fingerprint density at radius 2 is 1.80 bits per heavy atom. The molecule has 0 radical (unpaired) electrons.